The Morgan fingerprint density at radius 3 is 1.03 bits per heavy atom. The lowest BCUT2D eigenvalue weighted by Gasteiger charge is -2.43. The molecule has 642 valence electrons. The highest BCUT2D eigenvalue weighted by Gasteiger charge is 2.67. The maximum Gasteiger partial charge on any atom is 0.303 e. The van der Waals surface area contributed by atoms with Crippen LogP contribution in [0, 0.1) is 11.8 Å². The summed E-state index contributed by atoms with van der Waals surface area (Å²) in [7, 11) is 2.49. The van der Waals surface area contributed by atoms with E-state index in [0.717, 1.165) is 57.5 Å². The van der Waals surface area contributed by atoms with Gasteiger partial charge in [0.05, 0.1) is 23.3 Å². The number of methoxy groups -OCH3 is 2. The van der Waals surface area contributed by atoms with Gasteiger partial charge in [0.25, 0.3) is 35.4 Å². The average Bonchev–Trinajstić information content (AvgIpc) is 1.54. The minimum Gasteiger partial charge on any atom is -0.460 e. The fourth-order valence-corrected chi connectivity index (χ4v) is 18.3. The molecule has 12 N–H and O–H groups in total. The van der Waals surface area contributed by atoms with Gasteiger partial charge in [-0.05, 0) is 101 Å². The first-order chi connectivity index (χ1) is 56.0. The van der Waals surface area contributed by atoms with E-state index in [2.05, 4.69) is 64.2 Å². The van der Waals surface area contributed by atoms with Crippen molar-refractivity contribution in [2.24, 2.45) is 11.8 Å². The van der Waals surface area contributed by atoms with Crippen LogP contribution in [0.2, 0.25) is 10.0 Å². The molecule has 10 heterocycles. The number of hydrogen-bond acceptors (Lipinski definition) is 28. The zero-order chi connectivity index (χ0) is 85.6. The SMILES string of the molecule is COC[C@@H]1NC(=O)[C@H]2CCCNN2C(=O)[C@@H]2CCCNN2C(=O)[C@@H](C(C)C)NC(=O)[C@@H]2C[C@@]3(OC(C)=O)c4cc(-c5cc6c(cc5Cl)N[C@H]5N7C(=O)[C@@H]([C@H](C)OC(C)=O)NC(=O)[C@H](COC)NC(=O)[C@H]8CCCNN8C(=O)[C@@H]8CCCNN8C(=O)[C@@H](C(C)C)NC(=O)[C@@H]7C[C@@]65OC(C)=O)c(Cl)cc4N[C@H]3N2C(=O)[C@@H]([C@H](C)OC(C)=O)NC1=O. The number of anilines is 2. The Bertz CT molecular complexity index is 4140. The van der Waals surface area contributed by atoms with Crippen LogP contribution in [-0.4, -0.2) is 275 Å². The van der Waals surface area contributed by atoms with Gasteiger partial charge < -0.3 is 80.8 Å². The summed E-state index contributed by atoms with van der Waals surface area (Å²) >= 11 is 14.9. The zero-order valence-electron chi connectivity index (χ0n) is 67.4. The van der Waals surface area contributed by atoms with Gasteiger partial charge in [0.1, 0.15) is 97.0 Å². The van der Waals surface area contributed by atoms with E-state index in [0.29, 0.717) is 25.7 Å². The summed E-state index contributed by atoms with van der Waals surface area (Å²) in [4.78, 5) is 240. The van der Waals surface area contributed by atoms with Crippen molar-refractivity contribution in [3.63, 3.8) is 0 Å². The van der Waals surface area contributed by atoms with Crippen LogP contribution in [-0.2, 0) is 116 Å². The number of carbonyl (C=O) groups is 16. The van der Waals surface area contributed by atoms with Gasteiger partial charge in [-0.25, -0.2) is 21.7 Å². The van der Waals surface area contributed by atoms with Crippen LogP contribution in [0.4, 0.5) is 11.4 Å². The number of amides is 12. The molecular formula is C76H102Cl2N18O22. The number of esters is 4. The molecule has 42 heteroatoms. The third-order valence-corrected chi connectivity index (χ3v) is 23.8. The Morgan fingerprint density at radius 2 is 0.712 bits per heavy atom. The summed E-state index contributed by atoms with van der Waals surface area (Å²) in [6.07, 6.45) is -5.78. The maximum atomic E-state index is 16.3. The van der Waals surface area contributed by atoms with E-state index < -0.39 is 241 Å². The molecule has 40 nitrogen and oxygen atoms in total. The fraction of sp³-hybridized carbons (Fsp3) is 0.632. The molecule has 10 aliphatic heterocycles. The minimum atomic E-state index is -2.20. The van der Waals surface area contributed by atoms with E-state index in [1.807, 2.05) is 0 Å². The molecule has 0 spiro atoms. The van der Waals surface area contributed by atoms with Crippen LogP contribution < -0.4 is 64.2 Å². The van der Waals surface area contributed by atoms with Gasteiger partial charge in [-0.3, -0.25) is 96.7 Å². The standard InChI is InChI=1S/C76H102Cl2N18O22/c1-33(2)57-71(111)95-53(19-15-23-81-95)67(107)93-51(17-13-21-79-93)63(103)83-49(31-113-11)61(101)89-59(35(5)115-37(7)97)69(109)91-55(65(105)87-57)29-75(117-39(9)99)43-25-41(45(77)27-47(43)85-73(75)91)42-26-44-48(28-46(42)78)86-74-76(44,118-40(10)100)30-56-66(106)88-58(34(3)4)72(112)96-54(20-16-24-82-96)68(108)94-52(18-14-22-80-94)64(104)84-50(32-114-12)62(102)90-60(70(110)92(56)74)36(6)116-38(8)98/h25-28,33-36,49-60,73-74,79-82,85-86H,13-24,29-32H2,1-12H3,(H,83,103)(H,84,104)(H,87,105)(H,88,106)(H,89,101)(H,90,102)/t35-,36-,49-,50-,51+,52+,53-,54-,55-,56-,57+,58+,59+,60+,73-,74-,75+,76+/m0/s1. The van der Waals surface area contributed by atoms with Gasteiger partial charge in [-0.1, -0.05) is 50.9 Å². The smallest absolute Gasteiger partial charge is 0.303 e. The number of carbonyl (C=O) groups excluding carboxylic acids is 16. The molecule has 0 radical (unpaired) electrons. The summed E-state index contributed by atoms with van der Waals surface area (Å²) in [6.45, 7) is 13.2. The number of nitrogens with zero attached hydrogens (tertiary/aromatic N) is 6. The number of hydrazine groups is 4. The minimum absolute atomic E-state index is 0.0228. The predicted octanol–water partition coefficient (Wildman–Crippen LogP) is -1.69. The van der Waals surface area contributed by atoms with Crippen molar-refractivity contribution in [2.75, 3.05) is 64.2 Å². The Balaban J connectivity index is 0.985. The van der Waals surface area contributed by atoms with Crippen molar-refractivity contribution in [3.05, 3.63) is 45.4 Å². The Morgan fingerprint density at radius 1 is 0.398 bits per heavy atom. The van der Waals surface area contributed by atoms with Crippen LogP contribution in [0.1, 0.15) is 145 Å². The normalized spacial score (nSPS) is 31.1. The van der Waals surface area contributed by atoms with Crippen molar-refractivity contribution in [1.82, 2.24) is 83.4 Å². The summed E-state index contributed by atoms with van der Waals surface area (Å²) < 4.78 is 35.1. The first-order valence-corrected chi connectivity index (χ1v) is 40.4. The number of nitrogens with one attached hydrogen (secondary N) is 12. The molecule has 0 saturated carbocycles. The van der Waals surface area contributed by atoms with Gasteiger partial charge >= 0.3 is 23.9 Å². The average molecular weight is 1690 g/mol. The van der Waals surface area contributed by atoms with Crippen molar-refractivity contribution < 1.29 is 105 Å². The number of rotatable bonds is 13. The van der Waals surface area contributed by atoms with Gasteiger partial charge in [0.2, 0.25) is 35.4 Å². The molecule has 12 rings (SSSR count). The summed E-state index contributed by atoms with van der Waals surface area (Å²) in [5.74, 6) is -16.2. The van der Waals surface area contributed by atoms with Crippen molar-refractivity contribution >= 4 is 129 Å². The van der Waals surface area contributed by atoms with E-state index in [4.69, 9.17) is 51.6 Å². The van der Waals surface area contributed by atoms with Gasteiger partial charge in [0, 0.05) is 115 Å². The highest BCUT2D eigenvalue weighted by atomic mass is 35.5. The molecule has 0 bridgehead atoms. The number of fused-ring (bicyclic) bond motifs is 14. The topological polar surface area (TPSA) is 492 Å². The van der Waals surface area contributed by atoms with Crippen LogP contribution in [0.3, 0.4) is 0 Å². The molecule has 8 saturated heterocycles. The van der Waals surface area contributed by atoms with E-state index in [9.17, 15) is 47.9 Å². The third-order valence-electron chi connectivity index (χ3n) is 23.2. The largest absolute Gasteiger partial charge is 0.460 e. The lowest BCUT2D eigenvalue weighted by molar-refractivity contribution is -0.163. The monoisotopic (exact) mass is 1690 g/mol. The Labute approximate surface area is 689 Å². The molecule has 0 aliphatic carbocycles. The maximum absolute atomic E-state index is 16.3. The number of hydrogen-bond donors (Lipinski definition) is 12. The molecular weight excluding hydrogens is 1590 g/mol. The highest BCUT2D eigenvalue weighted by Crippen LogP contribution is 2.58. The predicted molar refractivity (Wildman–Crippen MR) is 413 cm³/mol. The highest BCUT2D eigenvalue weighted by molar-refractivity contribution is 6.37. The second kappa shape index (κ2) is 35.4. The molecule has 0 aromatic heterocycles. The molecule has 0 unspecified atom stereocenters. The lowest BCUT2D eigenvalue weighted by Crippen LogP contribution is -2.69. The van der Waals surface area contributed by atoms with Gasteiger partial charge in [0.15, 0.2) is 11.2 Å². The van der Waals surface area contributed by atoms with E-state index in [1.54, 1.807) is 27.7 Å². The lowest BCUT2D eigenvalue weighted by atomic mass is 9.86. The Kier molecular flexibility index (Phi) is 26.2. The molecule has 8 fully saturated rings. The first kappa shape index (κ1) is 87.2. The first-order valence-electron chi connectivity index (χ1n) is 39.6. The Hall–Kier alpha value is -10.1. The van der Waals surface area contributed by atoms with Crippen molar-refractivity contribution in [1.29, 1.82) is 0 Å². The number of halogens is 2. The second-order valence-electron chi connectivity index (χ2n) is 31.9. The summed E-state index contributed by atoms with van der Waals surface area (Å²) in [5, 5.41) is 27.0. The van der Waals surface area contributed by atoms with Gasteiger partial charge in [-0.2, -0.15) is 0 Å². The van der Waals surface area contributed by atoms with Gasteiger partial charge in [-0.15, -0.1) is 0 Å². The fourth-order valence-electron chi connectivity index (χ4n) is 17.8. The molecule has 10 aliphatic rings. The molecule has 118 heavy (non-hydrogen) atoms. The molecule has 2 aromatic rings. The van der Waals surface area contributed by atoms with E-state index in [1.165, 1.54) is 52.3 Å². The molecule has 2 aromatic carbocycles. The molecule has 12 amide bonds. The third kappa shape index (κ3) is 16.7. The van der Waals surface area contributed by atoms with Crippen molar-refractivity contribution in [3.8, 4) is 11.1 Å². The second-order valence-corrected chi connectivity index (χ2v) is 32.8. The molecule has 18 atom stereocenters. The van der Waals surface area contributed by atoms with Crippen LogP contribution in [0.25, 0.3) is 11.1 Å². The quantitative estimate of drug-likeness (QED) is 0.0786. The van der Waals surface area contributed by atoms with Crippen LogP contribution in [0.5, 0.6) is 0 Å². The van der Waals surface area contributed by atoms with E-state index in [-0.39, 0.29) is 95.5 Å². The summed E-state index contributed by atoms with van der Waals surface area (Å²) in [5.41, 5.74) is 7.93. The van der Waals surface area contributed by atoms with Crippen LogP contribution >= 0.6 is 23.2 Å². The van der Waals surface area contributed by atoms with Crippen molar-refractivity contribution in [2.45, 2.75) is 242 Å². The summed E-state index contributed by atoms with van der Waals surface area (Å²) in [6, 6.07) is -13.0. The van der Waals surface area contributed by atoms with Crippen LogP contribution in [0.15, 0.2) is 24.3 Å². The number of ether oxygens (including phenoxy) is 6. The van der Waals surface area contributed by atoms with E-state index >= 15 is 28.8 Å². The number of benzene rings is 2. The zero-order valence-corrected chi connectivity index (χ0v) is 68.9.